The molecule has 2 aromatic carbocycles. The van der Waals surface area contributed by atoms with Gasteiger partial charge in [0.15, 0.2) is 5.13 Å². The summed E-state index contributed by atoms with van der Waals surface area (Å²) >= 11 is 7.73. The largest absolute Gasteiger partial charge is 0.497 e. The van der Waals surface area contributed by atoms with Gasteiger partial charge in [0.1, 0.15) is 11.5 Å². The van der Waals surface area contributed by atoms with Crippen molar-refractivity contribution in [1.29, 1.82) is 0 Å². The second kappa shape index (κ2) is 6.89. The fourth-order valence-electron chi connectivity index (χ4n) is 2.15. The molecular weight excluding hydrogens is 332 g/mol. The van der Waals surface area contributed by atoms with Gasteiger partial charge >= 0.3 is 0 Å². The molecule has 6 heteroatoms. The summed E-state index contributed by atoms with van der Waals surface area (Å²) in [5, 5.41) is 6.68. The molecule has 1 N–H and O–H groups in total. The Hall–Kier alpha value is -2.24. The Morgan fingerprint density at radius 2 is 1.91 bits per heavy atom. The quantitative estimate of drug-likeness (QED) is 0.687. The van der Waals surface area contributed by atoms with Crippen molar-refractivity contribution in [3.63, 3.8) is 0 Å². The Bertz CT molecular complexity index is 820. The lowest BCUT2D eigenvalue weighted by Crippen LogP contribution is -1.95. The van der Waals surface area contributed by atoms with Gasteiger partial charge in [-0.25, -0.2) is 4.98 Å². The third-order valence-electron chi connectivity index (χ3n) is 3.30. The molecule has 0 aliphatic heterocycles. The van der Waals surface area contributed by atoms with Crippen molar-refractivity contribution in [3.05, 3.63) is 52.9 Å². The number of ether oxygens (including phenoxy) is 2. The molecule has 0 aliphatic carbocycles. The fourth-order valence-corrected chi connectivity index (χ4v) is 3.11. The molecule has 0 fully saturated rings. The molecule has 1 heterocycles. The van der Waals surface area contributed by atoms with Crippen molar-refractivity contribution in [3.8, 4) is 22.8 Å². The molecule has 23 heavy (non-hydrogen) atoms. The van der Waals surface area contributed by atoms with Crippen molar-refractivity contribution >= 4 is 33.8 Å². The van der Waals surface area contributed by atoms with Crippen LogP contribution in [0.3, 0.4) is 0 Å². The standard InChI is InChI=1S/C17H15ClN2O2S/c1-21-11-7-8-16(22-2)14(9-11)19-17-20-15(10-23-17)12-5-3-4-6-13(12)18/h3-10H,1-2H3,(H,19,20). The number of benzene rings is 2. The number of nitrogens with zero attached hydrogens (tertiary/aromatic N) is 1. The summed E-state index contributed by atoms with van der Waals surface area (Å²) in [6.45, 7) is 0. The van der Waals surface area contributed by atoms with Gasteiger partial charge < -0.3 is 14.8 Å². The van der Waals surface area contributed by atoms with E-state index in [1.54, 1.807) is 14.2 Å². The van der Waals surface area contributed by atoms with Gasteiger partial charge in [-0.2, -0.15) is 0 Å². The molecule has 3 aromatic rings. The summed E-state index contributed by atoms with van der Waals surface area (Å²) < 4.78 is 10.6. The zero-order valence-electron chi connectivity index (χ0n) is 12.7. The summed E-state index contributed by atoms with van der Waals surface area (Å²) in [6.07, 6.45) is 0. The predicted octanol–water partition coefficient (Wildman–Crippen LogP) is 5.22. The van der Waals surface area contributed by atoms with Crippen LogP contribution in [0.1, 0.15) is 0 Å². The van der Waals surface area contributed by atoms with Gasteiger partial charge in [0, 0.05) is 22.0 Å². The zero-order chi connectivity index (χ0) is 16.2. The van der Waals surface area contributed by atoms with Crippen LogP contribution >= 0.6 is 22.9 Å². The van der Waals surface area contributed by atoms with Crippen LogP contribution < -0.4 is 14.8 Å². The van der Waals surface area contributed by atoms with Gasteiger partial charge in [0.05, 0.1) is 25.6 Å². The van der Waals surface area contributed by atoms with Crippen LogP contribution in [0.5, 0.6) is 11.5 Å². The molecule has 0 saturated heterocycles. The van der Waals surface area contributed by atoms with Crippen LogP contribution in [0, 0.1) is 0 Å². The number of anilines is 2. The summed E-state index contributed by atoms with van der Waals surface area (Å²) in [5.41, 5.74) is 2.55. The molecule has 1 aromatic heterocycles. The third kappa shape index (κ3) is 3.41. The van der Waals surface area contributed by atoms with Crippen LogP contribution in [-0.4, -0.2) is 19.2 Å². The van der Waals surface area contributed by atoms with Gasteiger partial charge in [-0.05, 0) is 18.2 Å². The molecule has 3 rings (SSSR count). The van der Waals surface area contributed by atoms with Crippen molar-refractivity contribution in [1.82, 2.24) is 4.98 Å². The molecule has 0 amide bonds. The predicted molar refractivity (Wildman–Crippen MR) is 95.4 cm³/mol. The second-order valence-electron chi connectivity index (χ2n) is 4.71. The van der Waals surface area contributed by atoms with E-state index >= 15 is 0 Å². The average Bonchev–Trinajstić information content (AvgIpc) is 3.03. The van der Waals surface area contributed by atoms with Gasteiger partial charge in [0.2, 0.25) is 0 Å². The SMILES string of the molecule is COc1ccc(OC)c(Nc2nc(-c3ccccc3Cl)cs2)c1. The Morgan fingerprint density at radius 1 is 1.09 bits per heavy atom. The normalized spacial score (nSPS) is 10.4. The smallest absolute Gasteiger partial charge is 0.187 e. The summed E-state index contributed by atoms with van der Waals surface area (Å²) in [4.78, 5) is 4.59. The summed E-state index contributed by atoms with van der Waals surface area (Å²) in [6, 6.07) is 13.2. The van der Waals surface area contributed by atoms with Crippen LogP contribution in [0.4, 0.5) is 10.8 Å². The van der Waals surface area contributed by atoms with E-state index in [-0.39, 0.29) is 0 Å². The average molecular weight is 347 g/mol. The number of hydrogen-bond acceptors (Lipinski definition) is 5. The summed E-state index contributed by atoms with van der Waals surface area (Å²) in [7, 11) is 3.26. The van der Waals surface area contributed by atoms with Crippen molar-refractivity contribution in [2.45, 2.75) is 0 Å². The maximum absolute atomic E-state index is 6.22. The minimum atomic E-state index is 0.684. The number of thiazole rings is 1. The van der Waals surface area contributed by atoms with Crippen LogP contribution in [-0.2, 0) is 0 Å². The molecule has 4 nitrogen and oxygen atoms in total. The molecule has 0 atom stereocenters. The first-order valence-corrected chi connectivity index (χ1v) is 8.16. The maximum Gasteiger partial charge on any atom is 0.187 e. The minimum Gasteiger partial charge on any atom is -0.497 e. The van der Waals surface area contributed by atoms with E-state index in [2.05, 4.69) is 10.3 Å². The molecule has 0 radical (unpaired) electrons. The van der Waals surface area contributed by atoms with Crippen molar-refractivity contribution in [2.24, 2.45) is 0 Å². The Balaban J connectivity index is 1.89. The van der Waals surface area contributed by atoms with E-state index in [1.165, 1.54) is 11.3 Å². The first-order valence-electron chi connectivity index (χ1n) is 6.90. The Morgan fingerprint density at radius 3 is 2.65 bits per heavy atom. The highest BCUT2D eigenvalue weighted by atomic mass is 35.5. The molecule has 0 bridgehead atoms. The molecule has 118 valence electrons. The monoisotopic (exact) mass is 346 g/mol. The van der Waals surface area contributed by atoms with E-state index in [4.69, 9.17) is 21.1 Å². The molecule has 0 saturated carbocycles. The highest BCUT2D eigenvalue weighted by Crippen LogP contribution is 2.35. The Labute approximate surface area is 143 Å². The third-order valence-corrected chi connectivity index (χ3v) is 4.39. The van der Waals surface area contributed by atoms with E-state index < -0.39 is 0 Å². The number of hydrogen-bond donors (Lipinski definition) is 1. The van der Waals surface area contributed by atoms with E-state index in [0.29, 0.717) is 5.02 Å². The lowest BCUT2D eigenvalue weighted by Gasteiger charge is -2.10. The highest BCUT2D eigenvalue weighted by molar-refractivity contribution is 7.14. The maximum atomic E-state index is 6.22. The molecule has 0 aliphatic rings. The van der Waals surface area contributed by atoms with Gasteiger partial charge in [-0.1, -0.05) is 29.8 Å². The van der Waals surface area contributed by atoms with Gasteiger partial charge in [-0.15, -0.1) is 11.3 Å². The lowest BCUT2D eigenvalue weighted by atomic mass is 10.2. The zero-order valence-corrected chi connectivity index (χ0v) is 14.2. The van der Waals surface area contributed by atoms with E-state index in [0.717, 1.165) is 33.6 Å². The van der Waals surface area contributed by atoms with Crippen LogP contribution in [0.15, 0.2) is 47.8 Å². The number of halogens is 1. The first-order chi connectivity index (χ1) is 11.2. The fraction of sp³-hybridized carbons (Fsp3) is 0.118. The lowest BCUT2D eigenvalue weighted by molar-refractivity contribution is 0.405. The first kappa shape index (κ1) is 15.6. The van der Waals surface area contributed by atoms with Crippen molar-refractivity contribution < 1.29 is 9.47 Å². The Kier molecular flexibility index (Phi) is 4.69. The number of nitrogens with one attached hydrogen (secondary N) is 1. The minimum absolute atomic E-state index is 0.684. The number of rotatable bonds is 5. The molecule has 0 unspecified atom stereocenters. The highest BCUT2D eigenvalue weighted by Gasteiger charge is 2.10. The van der Waals surface area contributed by atoms with Crippen molar-refractivity contribution in [2.75, 3.05) is 19.5 Å². The second-order valence-corrected chi connectivity index (χ2v) is 5.97. The topological polar surface area (TPSA) is 43.4 Å². The summed E-state index contributed by atoms with van der Waals surface area (Å²) in [5.74, 6) is 1.47. The van der Waals surface area contributed by atoms with Gasteiger partial charge in [0.25, 0.3) is 0 Å². The molecule has 0 spiro atoms. The number of aromatic nitrogens is 1. The van der Waals surface area contributed by atoms with Gasteiger partial charge in [-0.3, -0.25) is 0 Å². The van der Waals surface area contributed by atoms with Crippen LogP contribution in [0.25, 0.3) is 11.3 Å². The van der Waals surface area contributed by atoms with Crippen LogP contribution in [0.2, 0.25) is 5.02 Å². The molecular formula is C17H15ClN2O2S. The van der Waals surface area contributed by atoms with E-state index in [9.17, 15) is 0 Å². The van der Waals surface area contributed by atoms with E-state index in [1.807, 2.05) is 47.8 Å². The number of methoxy groups -OCH3 is 2.